The van der Waals surface area contributed by atoms with Gasteiger partial charge in [0.2, 0.25) is 5.91 Å². The Morgan fingerprint density at radius 1 is 1.14 bits per heavy atom. The van der Waals surface area contributed by atoms with E-state index < -0.39 is 22.1 Å². The molecule has 2 saturated heterocycles. The Balaban J connectivity index is 1.56. The first-order chi connectivity index (χ1) is 13.7. The van der Waals surface area contributed by atoms with Crippen LogP contribution in [0.5, 0.6) is 0 Å². The van der Waals surface area contributed by atoms with E-state index in [2.05, 4.69) is 5.32 Å². The van der Waals surface area contributed by atoms with Crippen LogP contribution in [-0.4, -0.2) is 85.4 Å². The summed E-state index contributed by atoms with van der Waals surface area (Å²) < 4.78 is 47.8. The Kier molecular flexibility index (Phi) is 6.90. The van der Waals surface area contributed by atoms with Crippen LogP contribution in [0.1, 0.15) is 20.8 Å². The maximum absolute atomic E-state index is 13.3. The van der Waals surface area contributed by atoms with Gasteiger partial charge >= 0.3 is 0 Å². The summed E-state index contributed by atoms with van der Waals surface area (Å²) in [5, 5.41) is 2.71. The molecule has 2 aliphatic rings. The molecule has 0 spiro atoms. The molecule has 0 saturated carbocycles. The van der Waals surface area contributed by atoms with Crippen molar-refractivity contribution in [3.63, 3.8) is 0 Å². The molecule has 1 aromatic rings. The van der Waals surface area contributed by atoms with Crippen LogP contribution >= 0.6 is 0 Å². The number of ether oxygens (including phenoxy) is 1. The molecule has 8 nitrogen and oxygen atoms in total. The van der Waals surface area contributed by atoms with E-state index >= 15 is 0 Å². The molecule has 0 aromatic heterocycles. The second kappa shape index (κ2) is 9.05. The third-order valence-corrected chi connectivity index (χ3v) is 7.30. The van der Waals surface area contributed by atoms with E-state index in [0.29, 0.717) is 45.0 Å². The van der Waals surface area contributed by atoms with Gasteiger partial charge in [-0.3, -0.25) is 9.69 Å². The molecular weight excluding hydrogens is 399 g/mol. The number of halogens is 1. The van der Waals surface area contributed by atoms with Crippen molar-refractivity contribution in [2.75, 3.05) is 44.6 Å². The van der Waals surface area contributed by atoms with Gasteiger partial charge in [-0.1, -0.05) is 6.07 Å². The zero-order valence-electron chi connectivity index (χ0n) is 17.0. The van der Waals surface area contributed by atoms with E-state index in [1.54, 1.807) is 13.0 Å². The number of benzene rings is 1. The van der Waals surface area contributed by atoms with E-state index in [0.717, 1.165) is 0 Å². The Bertz CT molecular complexity index is 819. The molecule has 0 unspecified atom stereocenters. The summed E-state index contributed by atoms with van der Waals surface area (Å²) in [6.07, 6.45) is -0.275. The summed E-state index contributed by atoms with van der Waals surface area (Å²) in [7, 11) is -3.56. The number of nitrogens with zero attached hydrogens (tertiary/aromatic N) is 3. The Morgan fingerprint density at radius 2 is 1.76 bits per heavy atom. The molecule has 2 aliphatic heterocycles. The first-order valence-corrected chi connectivity index (χ1v) is 11.3. The predicted molar refractivity (Wildman–Crippen MR) is 108 cm³/mol. The van der Waals surface area contributed by atoms with Crippen LogP contribution in [0.3, 0.4) is 0 Å². The molecule has 1 aromatic carbocycles. The molecule has 0 aliphatic carbocycles. The van der Waals surface area contributed by atoms with Gasteiger partial charge < -0.3 is 10.1 Å². The van der Waals surface area contributed by atoms with Crippen LogP contribution in [0.2, 0.25) is 0 Å². The molecule has 1 N–H and O–H groups in total. The zero-order valence-corrected chi connectivity index (χ0v) is 17.9. The lowest BCUT2D eigenvalue weighted by Gasteiger charge is -2.41. The van der Waals surface area contributed by atoms with E-state index in [9.17, 15) is 17.6 Å². The van der Waals surface area contributed by atoms with Gasteiger partial charge in [0, 0.05) is 45.0 Å². The van der Waals surface area contributed by atoms with Crippen molar-refractivity contribution in [1.82, 2.24) is 13.5 Å². The Labute approximate surface area is 171 Å². The summed E-state index contributed by atoms with van der Waals surface area (Å²) in [6, 6.07) is 5.29. The average molecular weight is 429 g/mol. The lowest BCUT2D eigenvalue weighted by molar-refractivity contribution is -0.121. The smallest absolute Gasteiger partial charge is 0.282 e. The van der Waals surface area contributed by atoms with Crippen LogP contribution in [-0.2, 0) is 19.7 Å². The minimum Gasteiger partial charge on any atom is -0.373 e. The maximum atomic E-state index is 13.3. The normalized spacial score (nSPS) is 26.2. The van der Waals surface area contributed by atoms with E-state index in [1.165, 1.54) is 26.8 Å². The molecule has 162 valence electrons. The molecule has 1 amide bonds. The predicted octanol–water partition coefficient (Wildman–Crippen LogP) is 1.12. The minimum absolute atomic E-state index is 0.138. The summed E-state index contributed by atoms with van der Waals surface area (Å²) in [5.41, 5.74) is 0.402. The van der Waals surface area contributed by atoms with Gasteiger partial charge in [-0.15, -0.1) is 0 Å². The molecule has 10 heteroatoms. The highest BCUT2D eigenvalue weighted by molar-refractivity contribution is 7.86. The van der Waals surface area contributed by atoms with Gasteiger partial charge in [0.1, 0.15) is 5.82 Å². The lowest BCUT2D eigenvalue weighted by atomic mass is 10.2. The molecule has 2 heterocycles. The zero-order chi connectivity index (χ0) is 21.2. The fourth-order valence-electron chi connectivity index (χ4n) is 3.78. The van der Waals surface area contributed by atoms with Crippen molar-refractivity contribution in [3.8, 4) is 0 Å². The van der Waals surface area contributed by atoms with Crippen molar-refractivity contribution in [3.05, 3.63) is 30.1 Å². The van der Waals surface area contributed by atoms with Crippen LogP contribution in [0, 0.1) is 5.82 Å². The number of morpholine rings is 1. The second-order valence-electron chi connectivity index (χ2n) is 7.69. The number of piperazine rings is 1. The van der Waals surface area contributed by atoms with Crippen LogP contribution in [0.4, 0.5) is 10.1 Å². The van der Waals surface area contributed by atoms with Crippen molar-refractivity contribution in [2.24, 2.45) is 0 Å². The van der Waals surface area contributed by atoms with Crippen molar-refractivity contribution in [1.29, 1.82) is 0 Å². The fourth-order valence-corrected chi connectivity index (χ4v) is 5.53. The molecule has 0 radical (unpaired) electrons. The summed E-state index contributed by atoms with van der Waals surface area (Å²) in [4.78, 5) is 14.4. The summed E-state index contributed by atoms with van der Waals surface area (Å²) in [6.45, 7) is 7.74. The molecular formula is C19H29FN4O4S. The fraction of sp³-hybridized carbons (Fsp3) is 0.632. The Hall–Kier alpha value is -1.59. The largest absolute Gasteiger partial charge is 0.373 e. The van der Waals surface area contributed by atoms with E-state index in [1.807, 2.05) is 18.7 Å². The lowest BCUT2D eigenvalue weighted by Crippen LogP contribution is -2.58. The highest BCUT2D eigenvalue weighted by Crippen LogP contribution is 2.20. The van der Waals surface area contributed by atoms with E-state index in [4.69, 9.17) is 4.74 Å². The van der Waals surface area contributed by atoms with Crippen LogP contribution in [0.15, 0.2) is 24.3 Å². The quantitative estimate of drug-likeness (QED) is 0.760. The molecule has 29 heavy (non-hydrogen) atoms. The van der Waals surface area contributed by atoms with Gasteiger partial charge in [-0.05, 0) is 39.0 Å². The minimum atomic E-state index is -3.56. The van der Waals surface area contributed by atoms with Crippen LogP contribution < -0.4 is 5.32 Å². The number of carbonyl (C=O) groups is 1. The maximum Gasteiger partial charge on any atom is 0.282 e. The number of anilines is 1. The average Bonchev–Trinajstić information content (AvgIpc) is 2.66. The van der Waals surface area contributed by atoms with Gasteiger partial charge in [0.15, 0.2) is 0 Å². The SMILES string of the molecule is C[C@H](C(=O)Nc1cccc(F)c1)N1CCN(S(=O)(=O)N2C[C@H](C)O[C@@H](C)C2)CC1. The number of carbonyl (C=O) groups excluding carboxylic acids is 1. The topological polar surface area (TPSA) is 82.2 Å². The standard InChI is InChI=1S/C19H29FN4O4S/c1-14-12-24(13-15(2)28-14)29(26,27)23-9-7-22(8-10-23)16(3)19(25)21-18-6-4-5-17(20)11-18/h4-6,11,14-16H,7-10,12-13H2,1-3H3,(H,21,25)/t14-,15-,16+/m0/s1. The number of rotatable bonds is 5. The summed E-state index contributed by atoms with van der Waals surface area (Å²) >= 11 is 0. The monoisotopic (exact) mass is 428 g/mol. The van der Waals surface area contributed by atoms with Crippen molar-refractivity contribution < 1.29 is 22.3 Å². The number of hydrogen-bond donors (Lipinski definition) is 1. The summed E-state index contributed by atoms with van der Waals surface area (Å²) in [5.74, 6) is -0.663. The number of nitrogens with one attached hydrogen (secondary N) is 1. The Morgan fingerprint density at radius 3 is 2.34 bits per heavy atom. The molecule has 2 fully saturated rings. The first kappa shape index (κ1) is 22.1. The number of amides is 1. The first-order valence-electron chi connectivity index (χ1n) is 9.88. The highest BCUT2D eigenvalue weighted by atomic mass is 32.2. The second-order valence-corrected chi connectivity index (χ2v) is 9.62. The third kappa shape index (κ3) is 5.32. The van der Waals surface area contributed by atoms with Gasteiger partial charge in [0.05, 0.1) is 18.2 Å². The molecule has 3 atom stereocenters. The third-order valence-electron chi connectivity index (χ3n) is 5.33. The van der Waals surface area contributed by atoms with Gasteiger partial charge in [-0.2, -0.15) is 17.0 Å². The van der Waals surface area contributed by atoms with Gasteiger partial charge in [-0.25, -0.2) is 4.39 Å². The van der Waals surface area contributed by atoms with Crippen LogP contribution in [0.25, 0.3) is 0 Å². The molecule has 3 rings (SSSR count). The van der Waals surface area contributed by atoms with Crippen molar-refractivity contribution >= 4 is 21.8 Å². The highest BCUT2D eigenvalue weighted by Gasteiger charge is 2.37. The van der Waals surface area contributed by atoms with Gasteiger partial charge in [0.25, 0.3) is 10.2 Å². The molecule has 0 bridgehead atoms. The van der Waals surface area contributed by atoms with E-state index in [-0.39, 0.29) is 18.1 Å². The number of hydrogen-bond acceptors (Lipinski definition) is 5. The van der Waals surface area contributed by atoms with Crippen molar-refractivity contribution in [2.45, 2.75) is 39.0 Å².